The highest BCUT2D eigenvalue weighted by atomic mass is 79.9. The molecule has 1 atom stereocenters. The Kier molecular flexibility index (Phi) is 8.18. The van der Waals surface area contributed by atoms with Gasteiger partial charge in [0.25, 0.3) is 5.56 Å². The summed E-state index contributed by atoms with van der Waals surface area (Å²) in [5.41, 5.74) is 0.580. The van der Waals surface area contributed by atoms with Gasteiger partial charge in [-0.1, -0.05) is 39.7 Å². The molecule has 7 nitrogen and oxygen atoms in total. The molecule has 184 valence electrons. The first-order valence-corrected chi connectivity index (χ1v) is 12.0. The fourth-order valence-electron chi connectivity index (χ4n) is 3.55. The molecule has 0 aliphatic heterocycles. The number of methoxy groups -OCH3 is 1. The van der Waals surface area contributed by atoms with Crippen molar-refractivity contribution >= 4 is 39.3 Å². The molecule has 0 amide bonds. The number of hydrogen-bond acceptors (Lipinski definition) is 6. The lowest BCUT2D eigenvalue weighted by molar-refractivity contribution is -0.159. The van der Waals surface area contributed by atoms with Crippen LogP contribution in [0.5, 0.6) is 5.88 Å². The molecule has 9 heteroatoms. The monoisotopic (exact) mass is 560 g/mol. The second-order valence-corrected chi connectivity index (χ2v) is 10.3. The minimum Gasteiger partial charge on any atom is -0.480 e. The molecule has 0 N–H and O–H groups in total. The molecule has 0 spiro atoms. The van der Waals surface area contributed by atoms with E-state index >= 15 is 0 Å². The minimum atomic E-state index is -1.04. The molecule has 1 aromatic heterocycles. The second-order valence-electron chi connectivity index (χ2n) is 8.98. The summed E-state index contributed by atoms with van der Waals surface area (Å²) in [7, 11) is 1.40. The van der Waals surface area contributed by atoms with Gasteiger partial charge in [0, 0.05) is 27.5 Å². The zero-order valence-corrected chi connectivity index (χ0v) is 22.4. The Balaban J connectivity index is 2.17. The van der Waals surface area contributed by atoms with E-state index in [2.05, 4.69) is 21.0 Å². The van der Waals surface area contributed by atoms with E-state index in [4.69, 9.17) is 21.1 Å². The largest absolute Gasteiger partial charge is 0.480 e. The summed E-state index contributed by atoms with van der Waals surface area (Å²) >= 11 is 9.57. The number of carbonyl (C=O) groups is 2. The van der Waals surface area contributed by atoms with Crippen LogP contribution in [-0.4, -0.2) is 34.2 Å². The first-order valence-electron chi connectivity index (χ1n) is 10.9. The molecule has 0 fully saturated rings. The zero-order chi connectivity index (χ0) is 25.9. The van der Waals surface area contributed by atoms with E-state index in [-0.39, 0.29) is 18.1 Å². The van der Waals surface area contributed by atoms with Crippen LogP contribution in [0.2, 0.25) is 5.02 Å². The predicted octanol–water partition coefficient (Wildman–Crippen LogP) is 5.66. The molecule has 0 aliphatic carbocycles. The molecule has 0 saturated carbocycles. The third-order valence-electron chi connectivity index (χ3n) is 5.08. The first kappa shape index (κ1) is 26.6. The van der Waals surface area contributed by atoms with Crippen molar-refractivity contribution < 1.29 is 19.1 Å². The van der Waals surface area contributed by atoms with Crippen molar-refractivity contribution in [1.82, 2.24) is 9.78 Å². The number of Topliss-reactive ketones (excluding diaryl/α,β-unsaturated/α-hetero) is 1. The summed E-state index contributed by atoms with van der Waals surface area (Å²) in [6, 6.07) is 12.4. The van der Waals surface area contributed by atoms with Crippen LogP contribution in [0.1, 0.15) is 49.7 Å². The summed E-state index contributed by atoms with van der Waals surface area (Å²) in [6.07, 6.45) is 0.174. The number of carbonyl (C=O) groups excluding carboxylic acids is 2. The average Bonchev–Trinajstić information content (AvgIpc) is 2.77. The highest BCUT2D eigenvalue weighted by Gasteiger charge is 2.30. The van der Waals surface area contributed by atoms with Gasteiger partial charge in [0.2, 0.25) is 5.88 Å². The molecule has 1 heterocycles. The van der Waals surface area contributed by atoms with E-state index in [0.717, 1.165) is 14.7 Å². The topological polar surface area (TPSA) is 87.5 Å². The van der Waals surface area contributed by atoms with Gasteiger partial charge in [-0.25, -0.2) is 9.48 Å². The van der Waals surface area contributed by atoms with Crippen LogP contribution >= 0.6 is 27.5 Å². The molecule has 1 unspecified atom stereocenters. The minimum absolute atomic E-state index is 0.0683. The third-order valence-corrected chi connectivity index (χ3v) is 5.85. The van der Waals surface area contributed by atoms with Gasteiger partial charge in [-0.2, -0.15) is 0 Å². The number of esters is 1. The quantitative estimate of drug-likeness (QED) is 0.273. The Morgan fingerprint density at radius 2 is 1.74 bits per heavy atom. The molecule has 0 saturated heterocycles. The van der Waals surface area contributed by atoms with Crippen LogP contribution in [0.25, 0.3) is 11.1 Å². The van der Waals surface area contributed by atoms with Gasteiger partial charge in [0.1, 0.15) is 5.60 Å². The maximum Gasteiger partial charge on any atom is 0.331 e. The Hall–Kier alpha value is -2.97. The number of aromatic nitrogens is 2. The van der Waals surface area contributed by atoms with Crippen LogP contribution in [-0.2, 0) is 16.0 Å². The fraction of sp³-hybridized carbons (Fsp3) is 0.308. The maximum absolute atomic E-state index is 13.3. The number of benzene rings is 2. The molecule has 2 aromatic carbocycles. The Morgan fingerprint density at radius 3 is 2.31 bits per heavy atom. The third kappa shape index (κ3) is 6.58. The Labute approximate surface area is 217 Å². The van der Waals surface area contributed by atoms with Gasteiger partial charge in [-0.15, -0.1) is 5.10 Å². The fourth-order valence-corrected chi connectivity index (χ4v) is 3.99. The molecule has 0 bridgehead atoms. The van der Waals surface area contributed by atoms with Gasteiger partial charge in [0.15, 0.2) is 11.8 Å². The van der Waals surface area contributed by atoms with E-state index in [1.54, 1.807) is 39.0 Å². The van der Waals surface area contributed by atoms with E-state index in [9.17, 15) is 14.4 Å². The highest BCUT2D eigenvalue weighted by Crippen LogP contribution is 2.33. The maximum atomic E-state index is 13.3. The van der Waals surface area contributed by atoms with Crippen LogP contribution in [0, 0.1) is 0 Å². The van der Waals surface area contributed by atoms with Gasteiger partial charge in [-0.3, -0.25) is 9.59 Å². The number of hydrogen-bond donors (Lipinski definition) is 0. The zero-order valence-electron chi connectivity index (χ0n) is 20.1. The number of ketones is 1. The lowest BCUT2D eigenvalue weighted by atomic mass is 9.98. The van der Waals surface area contributed by atoms with E-state index in [1.807, 2.05) is 24.3 Å². The van der Waals surface area contributed by atoms with Crippen molar-refractivity contribution in [3.8, 4) is 17.0 Å². The second kappa shape index (κ2) is 10.7. The summed E-state index contributed by atoms with van der Waals surface area (Å²) in [4.78, 5) is 38.7. The number of halogens is 2. The van der Waals surface area contributed by atoms with Crippen LogP contribution in [0.4, 0.5) is 0 Å². The number of ether oxygens (including phenoxy) is 2. The first-order chi connectivity index (χ1) is 16.4. The SMILES string of the molecule is COc1nn(C(Cc2ccc(Br)cc2)C(=O)OC(C)(C)C)c(=O)cc1-c1cc(Cl)ccc1C(C)=O. The molecule has 3 rings (SSSR count). The smallest absolute Gasteiger partial charge is 0.331 e. The van der Waals surface area contributed by atoms with E-state index < -0.39 is 23.2 Å². The Morgan fingerprint density at radius 1 is 1.09 bits per heavy atom. The van der Waals surface area contributed by atoms with Crippen molar-refractivity contribution in [3.63, 3.8) is 0 Å². The summed E-state index contributed by atoms with van der Waals surface area (Å²) in [5.74, 6) is -0.736. The van der Waals surface area contributed by atoms with Crippen molar-refractivity contribution in [2.45, 2.75) is 45.8 Å². The van der Waals surface area contributed by atoms with Crippen molar-refractivity contribution in [1.29, 1.82) is 0 Å². The highest BCUT2D eigenvalue weighted by molar-refractivity contribution is 9.10. The normalized spacial score (nSPS) is 12.2. The summed E-state index contributed by atoms with van der Waals surface area (Å²) < 4.78 is 13.0. The molecule has 3 aromatic rings. The molecular formula is C26H26BrClN2O5. The predicted molar refractivity (Wildman–Crippen MR) is 138 cm³/mol. The summed E-state index contributed by atoms with van der Waals surface area (Å²) in [5, 5.41) is 4.77. The number of rotatable bonds is 7. The lowest BCUT2D eigenvalue weighted by Crippen LogP contribution is -2.37. The van der Waals surface area contributed by atoms with Crippen LogP contribution in [0.3, 0.4) is 0 Å². The summed E-state index contributed by atoms with van der Waals surface area (Å²) in [6.45, 7) is 6.68. The van der Waals surface area contributed by atoms with Crippen LogP contribution in [0.15, 0.2) is 57.8 Å². The standard InChI is InChI=1S/C26H26BrClN2O5/c1-15(31)19-11-10-18(28)13-20(19)21-14-23(32)30(29-24(21)34-5)22(25(33)35-26(2,3)4)12-16-6-8-17(27)9-7-16/h6-11,13-14,22H,12H2,1-5H3. The Bertz CT molecular complexity index is 1310. The lowest BCUT2D eigenvalue weighted by Gasteiger charge is -2.25. The molecule has 0 aliphatic rings. The molecule has 0 radical (unpaired) electrons. The van der Waals surface area contributed by atoms with Gasteiger partial charge < -0.3 is 9.47 Å². The average molecular weight is 562 g/mol. The van der Waals surface area contributed by atoms with Gasteiger partial charge in [0.05, 0.1) is 12.7 Å². The van der Waals surface area contributed by atoms with Crippen molar-refractivity contribution in [2.24, 2.45) is 0 Å². The number of nitrogens with zero attached hydrogens (tertiary/aromatic N) is 2. The van der Waals surface area contributed by atoms with Gasteiger partial charge in [-0.05, 0) is 69.2 Å². The van der Waals surface area contributed by atoms with Crippen molar-refractivity contribution in [2.75, 3.05) is 7.11 Å². The molecule has 35 heavy (non-hydrogen) atoms. The van der Waals surface area contributed by atoms with Crippen LogP contribution < -0.4 is 10.3 Å². The molecular weight excluding hydrogens is 536 g/mol. The van der Waals surface area contributed by atoms with Crippen molar-refractivity contribution in [3.05, 3.63) is 79.5 Å². The van der Waals surface area contributed by atoms with E-state index in [0.29, 0.717) is 21.7 Å². The van der Waals surface area contributed by atoms with E-state index in [1.165, 1.54) is 20.1 Å². The van der Waals surface area contributed by atoms with Gasteiger partial charge >= 0.3 is 5.97 Å².